The highest BCUT2D eigenvalue weighted by molar-refractivity contribution is 6.30. The minimum absolute atomic E-state index is 0.00414. The molecule has 1 aromatic rings. The molecule has 120 valence electrons. The fourth-order valence-electron chi connectivity index (χ4n) is 2.28. The smallest absolute Gasteiger partial charge is 0.306 e. The second-order valence-electron chi connectivity index (χ2n) is 5.99. The summed E-state index contributed by atoms with van der Waals surface area (Å²) in [6, 6.07) is 3.03. The molecule has 0 saturated heterocycles. The minimum Gasteiger partial charge on any atom is -0.306 e. The number of amides is 2. The highest BCUT2D eigenvalue weighted by Crippen LogP contribution is 2.47. The summed E-state index contributed by atoms with van der Waals surface area (Å²) in [5, 5.41) is 2.45. The first-order valence-electron chi connectivity index (χ1n) is 6.93. The lowest BCUT2D eigenvalue weighted by Gasteiger charge is -2.28. The summed E-state index contributed by atoms with van der Waals surface area (Å²) in [4.78, 5) is 15.0. The Hall–Kier alpha value is -2.00. The van der Waals surface area contributed by atoms with E-state index < -0.39 is 23.0 Å². The largest absolute Gasteiger partial charge is 0.414 e. The zero-order chi connectivity index (χ0) is 16.9. The van der Waals surface area contributed by atoms with Crippen molar-refractivity contribution in [2.45, 2.75) is 31.4 Å². The van der Waals surface area contributed by atoms with Gasteiger partial charge in [-0.15, -0.1) is 0 Å². The molecule has 0 unspecified atom stereocenters. The molecule has 1 saturated carbocycles. The van der Waals surface area contributed by atoms with Crippen LogP contribution in [0.3, 0.4) is 0 Å². The van der Waals surface area contributed by atoms with Gasteiger partial charge in [0.1, 0.15) is 0 Å². The van der Waals surface area contributed by atoms with E-state index >= 15 is 0 Å². The number of nitrogens with one attached hydrogen (secondary N) is 1. The Morgan fingerprint density at radius 3 is 2.61 bits per heavy atom. The first-order chi connectivity index (χ1) is 10.7. The lowest BCUT2D eigenvalue weighted by molar-refractivity contribution is -0.152. The monoisotopic (exact) mass is 340 g/mol. The van der Waals surface area contributed by atoms with Gasteiger partial charge in [0.05, 0.1) is 0 Å². The third-order valence-corrected chi connectivity index (χ3v) is 4.27. The maximum atomic E-state index is 13.9. The van der Waals surface area contributed by atoms with Crippen molar-refractivity contribution >= 4 is 29.5 Å². The van der Waals surface area contributed by atoms with E-state index in [4.69, 9.17) is 11.6 Å². The quantitative estimate of drug-likeness (QED) is 0.691. The van der Waals surface area contributed by atoms with Crippen LogP contribution in [0.5, 0.6) is 0 Å². The van der Waals surface area contributed by atoms with Crippen LogP contribution < -0.4 is 5.32 Å². The van der Waals surface area contributed by atoms with Crippen molar-refractivity contribution in [3.05, 3.63) is 28.8 Å². The molecule has 3 rings (SSSR count). The molecule has 3 nitrogen and oxygen atoms in total. The third kappa shape index (κ3) is 2.81. The lowest BCUT2D eigenvalue weighted by Crippen LogP contribution is -2.43. The molecule has 0 bridgehead atoms. The molecule has 1 fully saturated rings. The molecule has 1 N–H and O–H groups in total. The van der Waals surface area contributed by atoms with Gasteiger partial charge in [0, 0.05) is 27.9 Å². The van der Waals surface area contributed by atoms with Crippen LogP contribution in [0, 0.1) is 17.3 Å². The standard InChI is InChI=1S/C16H12ClF3N2O/c1-14(4-5-14)6-7-15(16(18,19)20)9-21-13(23)22-12-3-2-10(17)8-11(12)15/h2-3,8-9H,4-5H2,1H3,(H,22,23)/t15-/m0/s1. The van der Waals surface area contributed by atoms with Crippen LogP contribution in [0.1, 0.15) is 25.3 Å². The van der Waals surface area contributed by atoms with E-state index in [0.29, 0.717) is 6.21 Å². The zero-order valence-corrected chi connectivity index (χ0v) is 12.8. The summed E-state index contributed by atoms with van der Waals surface area (Å²) in [7, 11) is 0. The summed E-state index contributed by atoms with van der Waals surface area (Å²) in [5.74, 6) is 5.06. The predicted molar refractivity (Wildman–Crippen MR) is 81.8 cm³/mol. The van der Waals surface area contributed by atoms with Crippen molar-refractivity contribution in [1.29, 1.82) is 0 Å². The molecular weight excluding hydrogens is 329 g/mol. The Balaban J connectivity index is 2.29. The number of hydrogen-bond acceptors (Lipinski definition) is 1. The van der Waals surface area contributed by atoms with Gasteiger partial charge in [0.2, 0.25) is 0 Å². The molecule has 1 aromatic carbocycles. The van der Waals surface area contributed by atoms with Crippen LogP contribution in [0.25, 0.3) is 0 Å². The summed E-state index contributed by atoms with van der Waals surface area (Å²) in [6.45, 7) is 1.81. The van der Waals surface area contributed by atoms with Crippen molar-refractivity contribution in [3.63, 3.8) is 0 Å². The molecule has 1 aliphatic heterocycles. The van der Waals surface area contributed by atoms with E-state index in [2.05, 4.69) is 22.2 Å². The Kier molecular flexibility index (Phi) is 3.45. The van der Waals surface area contributed by atoms with Crippen LogP contribution >= 0.6 is 11.6 Å². The molecule has 2 aliphatic rings. The molecule has 0 aromatic heterocycles. The highest BCUT2D eigenvalue weighted by Gasteiger charge is 2.56. The normalized spacial score (nSPS) is 24.8. The summed E-state index contributed by atoms with van der Waals surface area (Å²) in [5.41, 5.74) is -3.29. The lowest BCUT2D eigenvalue weighted by atomic mass is 9.80. The van der Waals surface area contributed by atoms with Crippen molar-refractivity contribution in [2.24, 2.45) is 10.4 Å². The minimum atomic E-state index is -4.75. The van der Waals surface area contributed by atoms with Crippen molar-refractivity contribution in [1.82, 2.24) is 0 Å². The van der Waals surface area contributed by atoms with Gasteiger partial charge in [-0.05, 0) is 38.0 Å². The molecule has 2 amide bonds. The number of benzene rings is 1. The Bertz CT molecular complexity index is 772. The van der Waals surface area contributed by atoms with Gasteiger partial charge in [-0.25, -0.2) is 9.79 Å². The molecule has 23 heavy (non-hydrogen) atoms. The number of alkyl halides is 3. The van der Waals surface area contributed by atoms with Crippen molar-refractivity contribution in [3.8, 4) is 11.8 Å². The topological polar surface area (TPSA) is 41.5 Å². The number of anilines is 1. The van der Waals surface area contributed by atoms with Crippen molar-refractivity contribution in [2.75, 3.05) is 5.32 Å². The maximum absolute atomic E-state index is 13.9. The molecule has 1 heterocycles. The molecule has 7 heteroatoms. The SMILES string of the molecule is CC1(C#C[C@]2(C(F)(F)F)C=NC(=O)Nc3ccc(Cl)cc32)CC1. The average Bonchev–Trinajstić information content (AvgIpc) is 3.19. The second-order valence-corrected chi connectivity index (χ2v) is 6.43. The van der Waals surface area contributed by atoms with Crippen LogP contribution in [0.2, 0.25) is 5.02 Å². The maximum Gasteiger partial charge on any atom is 0.414 e. The van der Waals surface area contributed by atoms with Gasteiger partial charge in [-0.1, -0.05) is 23.4 Å². The van der Waals surface area contributed by atoms with Gasteiger partial charge in [-0.2, -0.15) is 13.2 Å². The number of aliphatic imine (C=N–C) groups is 1. The first-order valence-corrected chi connectivity index (χ1v) is 7.30. The van der Waals surface area contributed by atoms with Crippen molar-refractivity contribution < 1.29 is 18.0 Å². The Morgan fingerprint density at radius 2 is 2.00 bits per heavy atom. The van der Waals surface area contributed by atoms with E-state index in [9.17, 15) is 18.0 Å². The number of rotatable bonds is 0. The fraction of sp³-hybridized carbons (Fsp3) is 0.375. The van der Waals surface area contributed by atoms with E-state index in [1.165, 1.54) is 18.2 Å². The summed E-state index contributed by atoms with van der Waals surface area (Å²) in [6.07, 6.45) is -2.67. The van der Waals surface area contributed by atoms with Gasteiger partial charge in [-0.3, -0.25) is 0 Å². The number of carbonyl (C=O) groups is 1. The second kappa shape index (κ2) is 5.00. The highest BCUT2D eigenvalue weighted by atomic mass is 35.5. The number of carbonyl (C=O) groups excluding carboxylic acids is 1. The van der Waals surface area contributed by atoms with Crippen LogP contribution in [-0.2, 0) is 5.41 Å². The third-order valence-electron chi connectivity index (χ3n) is 4.03. The number of fused-ring (bicyclic) bond motifs is 1. The fourth-order valence-corrected chi connectivity index (χ4v) is 2.45. The molecule has 0 radical (unpaired) electrons. The van der Waals surface area contributed by atoms with Crippen LogP contribution in [0.15, 0.2) is 23.2 Å². The molecular formula is C16H12ClF3N2O. The first kappa shape index (κ1) is 15.9. The van der Waals surface area contributed by atoms with E-state index in [1.807, 2.05) is 0 Å². The van der Waals surface area contributed by atoms with Gasteiger partial charge < -0.3 is 5.32 Å². The number of hydrogen-bond donors (Lipinski definition) is 1. The van der Waals surface area contributed by atoms with Gasteiger partial charge >= 0.3 is 12.2 Å². The Morgan fingerprint density at radius 1 is 1.30 bits per heavy atom. The van der Waals surface area contributed by atoms with Gasteiger partial charge in [0.25, 0.3) is 0 Å². The molecule has 1 aliphatic carbocycles. The van der Waals surface area contributed by atoms with Crippen LogP contribution in [0.4, 0.5) is 23.7 Å². The molecule has 0 spiro atoms. The van der Waals surface area contributed by atoms with Gasteiger partial charge in [0.15, 0.2) is 5.41 Å². The van der Waals surface area contributed by atoms with E-state index in [-0.39, 0.29) is 16.3 Å². The summed E-state index contributed by atoms with van der Waals surface area (Å²) < 4.78 is 41.8. The Labute approximate surface area is 135 Å². The van der Waals surface area contributed by atoms with E-state index in [1.54, 1.807) is 6.92 Å². The number of nitrogens with zero attached hydrogens (tertiary/aromatic N) is 1. The average molecular weight is 341 g/mol. The zero-order valence-electron chi connectivity index (χ0n) is 12.1. The van der Waals surface area contributed by atoms with Crippen LogP contribution in [-0.4, -0.2) is 18.4 Å². The van der Waals surface area contributed by atoms with E-state index in [0.717, 1.165) is 12.8 Å². The number of urea groups is 1. The molecule has 1 atom stereocenters. The summed E-state index contributed by atoms with van der Waals surface area (Å²) >= 11 is 5.87. The predicted octanol–water partition coefficient (Wildman–Crippen LogP) is 4.56. The number of halogens is 4.